The Kier molecular flexibility index (Phi) is 4.38. The molecule has 0 saturated carbocycles. The van der Waals surface area contributed by atoms with Gasteiger partial charge < -0.3 is 30.2 Å². The summed E-state index contributed by atoms with van der Waals surface area (Å²) in [5.74, 6) is 0.620. The van der Waals surface area contributed by atoms with Gasteiger partial charge in [-0.3, -0.25) is 0 Å². The second-order valence-electron chi connectivity index (χ2n) is 6.55. The third kappa shape index (κ3) is 3.02. The fraction of sp³-hybridized carbons (Fsp3) is 0.333. The average molecular weight is 384 g/mol. The number of carboxylic acids is 1. The Morgan fingerprint density at radius 2 is 1.96 bits per heavy atom. The van der Waals surface area contributed by atoms with Crippen molar-refractivity contribution in [3.05, 3.63) is 30.6 Å². The molecule has 1 aliphatic heterocycles. The Labute approximate surface area is 160 Å². The summed E-state index contributed by atoms with van der Waals surface area (Å²) >= 11 is 0. The molecule has 0 atom stereocenters. The number of rotatable bonds is 5. The Bertz CT molecular complexity index is 1010. The zero-order chi connectivity index (χ0) is 19.7. The van der Waals surface area contributed by atoms with E-state index >= 15 is 0 Å². The summed E-state index contributed by atoms with van der Waals surface area (Å²) < 4.78 is 11.3. The van der Waals surface area contributed by atoms with Crippen LogP contribution in [0.2, 0.25) is 0 Å². The van der Waals surface area contributed by atoms with E-state index in [0.29, 0.717) is 41.6 Å². The number of piperidine rings is 1. The largest absolute Gasteiger partial charge is 0.493 e. The molecule has 1 fully saturated rings. The van der Waals surface area contributed by atoms with Crippen molar-refractivity contribution < 1.29 is 19.4 Å². The van der Waals surface area contributed by atoms with E-state index in [2.05, 4.69) is 19.9 Å². The quantitative estimate of drug-likeness (QED) is 0.596. The number of nitrogens with one attached hydrogen (secondary N) is 1. The van der Waals surface area contributed by atoms with Gasteiger partial charge in [-0.1, -0.05) is 12.1 Å². The van der Waals surface area contributed by atoms with Crippen LogP contribution in [0.15, 0.2) is 30.6 Å². The maximum Gasteiger partial charge on any atom is 0.348 e. The van der Waals surface area contributed by atoms with E-state index in [1.807, 2.05) is 4.90 Å². The molecule has 0 amide bonds. The summed E-state index contributed by atoms with van der Waals surface area (Å²) in [5, 5.41) is 9.91. The summed E-state index contributed by atoms with van der Waals surface area (Å²) in [4.78, 5) is 29.6. The number of methoxy groups -OCH3 is 1. The van der Waals surface area contributed by atoms with Gasteiger partial charge in [0.05, 0.1) is 13.4 Å². The fourth-order valence-corrected chi connectivity index (χ4v) is 3.42. The van der Waals surface area contributed by atoms with Gasteiger partial charge in [0.25, 0.3) is 0 Å². The number of carboxylic acid groups (broad SMARTS) is 1. The highest BCUT2D eigenvalue weighted by Crippen LogP contribution is 2.36. The molecule has 146 valence electrons. The number of hydrogen-bond acceptors (Lipinski definition) is 8. The summed E-state index contributed by atoms with van der Waals surface area (Å²) in [6, 6.07) is 7.02. The van der Waals surface area contributed by atoms with Gasteiger partial charge in [0.2, 0.25) is 11.5 Å². The van der Waals surface area contributed by atoms with Crippen LogP contribution in [0.1, 0.15) is 12.8 Å². The van der Waals surface area contributed by atoms with E-state index in [9.17, 15) is 9.90 Å². The number of benzene rings is 1. The SMILES string of the molecule is COc1ccccc1OC1(C(=O)O)CCN(c2nc(N)nc3nc[nH]c23)CC1. The van der Waals surface area contributed by atoms with E-state index < -0.39 is 11.6 Å². The molecule has 0 aliphatic carbocycles. The van der Waals surface area contributed by atoms with Crippen LogP contribution >= 0.6 is 0 Å². The van der Waals surface area contributed by atoms with Crippen LogP contribution in [-0.4, -0.2) is 56.8 Å². The van der Waals surface area contributed by atoms with Crippen molar-refractivity contribution in [1.82, 2.24) is 19.9 Å². The molecule has 4 N–H and O–H groups in total. The molecule has 28 heavy (non-hydrogen) atoms. The van der Waals surface area contributed by atoms with Crippen molar-refractivity contribution in [2.45, 2.75) is 18.4 Å². The van der Waals surface area contributed by atoms with Gasteiger partial charge in [-0.2, -0.15) is 9.97 Å². The molecule has 3 aromatic rings. The lowest BCUT2D eigenvalue weighted by Crippen LogP contribution is -2.53. The van der Waals surface area contributed by atoms with Gasteiger partial charge in [-0.25, -0.2) is 9.78 Å². The van der Waals surface area contributed by atoms with Crippen LogP contribution in [0.4, 0.5) is 11.8 Å². The van der Waals surface area contributed by atoms with Crippen LogP contribution in [0.5, 0.6) is 11.5 Å². The lowest BCUT2D eigenvalue weighted by Gasteiger charge is -2.39. The third-order valence-corrected chi connectivity index (χ3v) is 4.92. The van der Waals surface area contributed by atoms with Gasteiger partial charge in [0.1, 0.15) is 5.52 Å². The van der Waals surface area contributed by atoms with E-state index in [1.165, 1.54) is 13.4 Å². The predicted molar refractivity (Wildman–Crippen MR) is 102 cm³/mol. The van der Waals surface area contributed by atoms with Crippen molar-refractivity contribution in [3.8, 4) is 11.5 Å². The van der Waals surface area contributed by atoms with Crippen LogP contribution in [0, 0.1) is 0 Å². The summed E-state index contributed by atoms with van der Waals surface area (Å²) in [7, 11) is 1.52. The lowest BCUT2D eigenvalue weighted by molar-refractivity contribution is -0.157. The molecule has 0 spiro atoms. The molecule has 10 heteroatoms. The molecule has 0 radical (unpaired) electrons. The Morgan fingerprint density at radius 1 is 1.25 bits per heavy atom. The van der Waals surface area contributed by atoms with Crippen molar-refractivity contribution in [2.75, 3.05) is 30.8 Å². The predicted octanol–water partition coefficient (Wildman–Crippen LogP) is 1.45. The molecular weight excluding hydrogens is 364 g/mol. The average Bonchev–Trinajstić information content (AvgIpc) is 3.16. The molecule has 2 aromatic heterocycles. The first-order valence-electron chi connectivity index (χ1n) is 8.79. The monoisotopic (exact) mass is 384 g/mol. The molecule has 1 saturated heterocycles. The van der Waals surface area contributed by atoms with Crippen molar-refractivity contribution >= 4 is 28.9 Å². The van der Waals surface area contributed by atoms with Crippen molar-refractivity contribution in [1.29, 1.82) is 0 Å². The molecule has 1 aliphatic rings. The Morgan fingerprint density at radius 3 is 2.64 bits per heavy atom. The van der Waals surface area contributed by atoms with Crippen LogP contribution in [-0.2, 0) is 4.79 Å². The first-order valence-corrected chi connectivity index (χ1v) is 8.79. The second-order valence-corrected chi connectivity index (χ2v) is 6.55. The zero-order valence-corrected chi connectivity index (χ0v) is 15.3. The van der Waals surface area contributed by atoms with Crippen molar-refractivity contribution in [2.24, 2.45) is 0 Å². The van der Waals surface area contributed by atoms with Gasteiger partial charge in [-0.15, -0.1) is 0 Å². The van der Waals surface area contributed by atoms with E-state index in [-0.39, 0.29) is 18.8 Å². The number of imidazole rings is 1. The standard InChI is InChI=1S/C18H20N6O4/c1-27-11-4-2-3-5-12(11)28-18(16(25)26)6-8-24(9-7-18)15-13-14(21-10-20-13)22-17(19)23-15/h2-5,10H,6-9H2,1H3,(H,25,26)(H3,19,20,21,22,23). The number of H-pyrrole nitrogens is 1. The number of nitrogens with two attached hydrogens (primary N) is 1. The zero-order valence-electron chi connectivity index (χ0n) is 15.3. The van der Waals surface area contributed by atoms with Crippen LogP contribution in [0.25, 0.3) is 11.2 Å². The summed E-state index contributed by atoms with van der Waals surface area (Å²) in [5.41, 5.74) is 5.58. The number of para-hydroxylation sites is 2. The second kappa shape index (κ2) is 6.87. The highest BCUT2D eigenvalue weighted by atomic mass is 16.5. The normalized spacial score (nSPS) is 16.1. The number of aliphatic carboxylic acids is 1. The van der Waals surface area contributed by atoms with E-state index in [0.717, 1.165) is 0 Å². The highest BCUT2D eigenvalue weighted by Gasteiger charge is 2.45. The fourth-order valence-electron chi connectivity index (χ4n) is 3.42. The number of aromatic nitrogens is 4. The number of nitrogens with zero attached hydrogens (tertiary/aromatic N) is 4. The molecular formula is C18H20N6O4. The van der Waals surface area contributed by atoms with Gasteiger partial charge >= 0.3 is 5.97 Å². The van der Waals surface area contributed by atoms with Gasteiger partial charge in [-0.05, 0) is 12.1 Å². The van der Waals surface area contributed by atoms with Crippen LogP contribution in [0.3, 0.4) is 0 Å². The molecule has 3 heterocycles. The minimum Gasteiger partial charge on any atom is -0.493 e. The highest BCUT2D eigenvalue weighted by molar-refractivity contribution is 5.85. The topological polar surface area (TPSA) is 139 Å². The van der Waals surface area contributed by atoms with Crippen molar-refractivity contribution in [3.63, 3.8) is 0 Å². The Balaban J connectivity index is 1.59. The molecule has 0 unspecified atom stereocenters. The first kappa shape index (κ1) is 17.8. The van der Waals surface area contributed by atoms with E-state index in [4.69, 9.17) is 15.2 Å². The smallest absolute Gasteiger partial charge is 0.348 e. The number of aromatic amines is 1. The van der Waals surface area contributed by atoms with Crippen LogP contribution < -0.4 is 20.1 Å². The van der Waals surface area contributed by atoms with Gasteiger partial charge in [0.15, 0.2) is 23.0 Å². The first-order chi connectivity index (χ1) is 13.5. The maximum absolute atomic E-state index is 12.1. The van der Waals surface area contributed by atoms with Gasteiger partial charge in [0, 0.05) is 25.9 Å². The lowest BCUT2D eigenvalue weighted by atomic mass is 9.91. The number of fused-ring (bicyclic) bond motifs is 1. The number of hydrogen-bond donors (Lipinski definition) is 3. The summed E-state index contributed by atoms with van der Waals surface area (Å²) in [6.07, 6.45) is 2.05. The molecule has 0 bridgehead atoms. The molecule has 10 nitrogen and oxygen atoms in total. The number of anilines is 2. The number of carbonyl (C=O) groups is 1. The number of ether oxygens (including phenoxy) is 2. The summed E-state index contributed by atoms with van der Waals surface area (Å²) in [6.45, 7) is 0.845. The number of nitrogen functional groups attached to an aromatic ring is 1. The minimum absolute atomic E-state index is 0.120. The minimum atomic E-state index is -1.35. The molecule has 4 rings (SSSR count). The molecule has 1 aromatic carbocycles. The maximum atomic E-state index is 12.1. The Hall–Kier alpha value is -3.56. The third-order valence-electron chi connectivity index (χ3n) is 4.92. The van der Waals surface area contributed by atoms with E-state index in [1.54, 1.807) is 24.3 Å².